The maximum absolute atomic E-state index is 12.6. The van der Waals surface area contributed by atoms with E-state index >= 15 is 0 Å². The molecule has 8 heteroatoms. The molecular weight excluding hydrogens is 338 g/mol. The number of nitrogens with zero attached hydrogens (tertiary/aromatic N) is 4. The summed E-state index contributed by atoms with van der Waals surface area (Å²) in [6.07, 6.45) is 4.64. The number of rotatable bonds is 2. The lowest BCUT2D eigenvalue weighted by atomic mass is 9.96. The van der Waals surface area contributed by atoms with Crippen LogP contribution in [0.4, 0.5) is 5.69 Å². The van der Waals surface area contributed by atoms with E-state index in [0.717, 1.165) is 0 Å². The minimum atomic E-state index is -0.297. The van der Waals surface area contributed by atoms with Gasteiger partial charge in [-0.25, -0.2) is 15.0 Å². The minimum absolute atomic E-state index is 0.156. The fourth-order valence-electron chi connectivity index (χ4n) is 2.39. The first-order chi connectivity index (χ1) is 11.7. The fraction of sp³-hybridized carbons (Fsp3) is 0.353. The molecule has 1 N–H and O–H groups in total. The highest BCUT2D eigenvalue weighted by molar-refractivity contribution is 7.20. The van der Waals surface area contributed by atoms with E-state index in [1.165, 1.54) is 22.2 Å². The van der Waals surface area contributed by atoms with Crippen molar-refractivity contribution in [1.29, 1.82) is 0 Å². The number of nitrogens with one attached hydrogen (secondary N) is 1. The Kier molecular flexibility index (Phi) is 4.16. The van der Waals surface area contributed by atoms with Gasteiger partial charge in [-0.05, 0) is 12.5 Å². The second kappa shape index (κ2) is 6.03. The Labute approximate surface area is 148 Å². The number of aryl methyl sites for hydroxylation is 2. The largest absolute Gasteiger partial charge is 0.319 e. The molecule has 0 atom stereocenters. The zero-order valence-electron chi connectivity index (χ0n) is 14.7. The smallest absolute Gasteiger partial charge is 0.266 e. The molecular formula is C17H19N5O2S. The van der Waals surface area contributed by atoms with E-state index in [4.69, 9.17) is 0 Å². The second-order valence-electron chi connectivity index (χ2n) is 6.90. The number of fused-ring (bicyclic) bond motifs is 1. The van der Waals surface area contributed by atoms with Crippen LogP contribution in [0.15, 0.2) is 23.5 Å². The molecule has 0 saturated heterocycles. The Morgan fingerprint density at radius 3 is 2.44 bits per heavy atom. The Morgan fingerprint density at radius 1 is 1.20 bits per heavy atom. The van der Waals surface area contributed by atoms with E-state index in [2.05, 4.69) is 20.3 Å². The summed E-state index contributed by atoms with van der Waals surface area (Å²) in [5.41, 5.74) is 0.834. The summed E-state index contributed by atoms with van der Waals surface area (Å²) in [6.45, 7) is 7.83. The van der Waals surface area contributed by atoms with Crippen molar-refractivity contribution in [2.24, 2.45) is 7.05 Å². The van der Waals surface area contributed by atoms with Crippen LogP contribution in [0.1, 0.15) is 41.8 Å². The van der Waals surface area contributed by atoms with Gasteiger partial charge in [-0.15, -0.1) is 11.3 Å². The molecule has 3 heterocycles. The van der Waals surface area contributed by atoms with Crippen LogP contribution >= 0.6 is 11.3 Å². The van der Waals surface area contributed by atoms with Gasteiger partial charge in [0.2, 0.25) is 0 Å². The minimum Gasteiger partial charge on any atom is -0.319 e. The summed E-state index contributed by atoms with van der Waals surface area (Å²) in [7, 11) is 1.64. The Morgan fingerprint density at radius 2 is 1.84 bits per heavy atom. The summed E-state index contributed by atoms with van der Waals surface area (Å²) in [6, 6.07) is 0. The molecule has 3 aromatic heterocycles. The van der Waals surface area contributed by atoms with Gasteiger partial charge in [0.25, 0.3) is 11.5 Å². The van der Waals surface area contributed by atoms with Gasteiger partial charge in [0.1, 0.15) is 10.7 Å². The highest BCUT2D eigenvalue weighted by atomic mass is 32.1. The molecule has 1 amide bonds. The topological polar surface area (TPSA) is 89.8 Å². The number of aromatic nitrogens is 4. The Balaban J connectivity index is 1.92. The van der Waals surface area contributed by atoms with E-state index in [-0.39, 0.29) is 16.9 Å². The number of carbonyl (C=O) groups excluding carboxylic acids is 1. The highest BCUT2D eigenvalue weighted by Crippen LogP contribution is 2.27. The molecule has 0 saturated carbocycles. The normalized spacial score (nSPS) is 11.7. The van der Waals surface area contributed by atoms with Gasteiger partial charge in [0.05, 0.1) is 34.7 Å². The number of thiophene rings is 1. The van der Waals surface area contributed by atoms with Crippen LogP contribution in [0.5, 0.6) is 0 Å². The Hall–Kier alpha value is -2.61. The molecule has 7 nitrogen and oxygen atoms in total. The molecule has 130 valence electrons. The summed E-state index contributed by atoms with van der Waals surface area (Å²) in [5.74, 6) is 0.408. The molecule has 0 unspecified atom stereocenters. The van der Waals surface area contributed by atoms with Crippen LogP contribution in [-0.4, -0.2) is 25.4 Å². The first-order valence-corrected chi connectivity index (χ1v) is 8.58. The van der Waals surface area contributed by atoms with Gasteiger partial charge in [-0.3, -0.25) is 9.59 Å². The fourth-order valence-corrected chi connectivity index (χ4v) is 3.43. The summed E-state index contributed by atoms with van der Waals surface area (Å²) >= 11 is 1.20. The first kappa shape index (κ1) is 17.2. The van der Waals surface area contributed by atoms with Gasteiger partial charge in [0, 0.05) is 12.5 Å². The van der Waals surface area contributed by atoms with E-state index in [0.29, 0.717) is 32.2 Å². The molecule has 0 aliphatic heterocycles. The molecule has 0 aliphatic rings. The average molecular weight is 357 g/mol. The standard InChI is InChI=1S/C17H19N5O2S/c1-9-11-14(20-8-22(5)15(11)24)25-12(9)13(23)21-10-6-18-16(19-7-10)17(2,3)4/h6-8H,1-5H3,(H,21,23). The molecule has 0 radical (unpaired) electrons. The Bertz CT molecular complexity index is 1010. The van der Waals surface area contributed by atoms with Crippen molar-refractivity contribution >= 4 is 33.1 Å². The maximum atomic E-state index is 12.6. The van der Waals surface area contributed by atoms with Crippen molar-refractivity contribution in [3.63, 3.8) is 0 Å². The first-order valence-electron chi connectivity index (χ1n) is 7.77. The van der Waals surface area contributed by atoms with Gasteiger partial charge in [-0.1, -0.05) is 20.8 Å². The maximum Gasteiger partial charge on any atom is 0.266 e. The molecule has 0 spiro atoms. The van der Waals surface area contributed by atoms with E-state index in [1.54, 1.807) is 26.4 Å². The lowest BCUT2D eigenvalue weighted by Gasteiger charge is -2.16. The predicted octanol–water partition coefficient (Wildman–Crippen LogP) is 2.64. The van der Waals surface area contributed by atoms with Gasteiger partial charge < -0.3 is 9.88 Å². The number of carbonyl (C=O) groups is 1. The van der Waals surface area contributed by atoms with Crippen LogP contribution in [-0.2, 0) is 12.5 Å². The molecule has 0 fully saturated rings. The van der Waals surface area contributed by atoms with E-state index in [1.807, 2.05) is 20.8 Å². The average Bonchev–Trinajstić information content (AvgIpc) is 2.88. The van der Waals surface area contributed by atoms with Crippen molar-refractivity contribution in [3.05, 3.63) is 45.3 Å². The molecule has 0 aromatic carbocycles. The van der Waals surface area contributed by atoms with Crippen LogP contribution in [0.2, 0.25) is 0 Å². The molecule has 3 aromatic rings. The van der Waals surface area contributed by atoms with E-state index < -0.39 is 0 Å². The van der Waals surface area contributed by atoms with Crippen LogP contribution < -0.4 is 10.9 Å². The molecule has 25 heavy (non-hydrogen) atoms. The van der Waals surface area contributed by atoms with Crippen molar-refractivity contribution < 1.29 is 4.79 Å². The van der Waals surface area contributed by atoms with Crippen molar-refractivity contribution in [1.82, 2.24) is 19.5 Å². The van der Waals surface area contributed by atoms with E-state index in [9.17, 15) is 9.59 Å². The van der Waals surface area contributed by atoms with Crippen LogP contribution in [0.3, 0.4) is 0 Å². The van der Waals surface area contributed by atoms with Crippen molar-refractivity contribution in [2.45, 2.75) is 33.1 Å². The second-order valence-corrected chi connectivity index (χ2v) is 7.90. The molecule has 0 bridgehead atoms. The SMILES string of the molecule is Cc1c(C(=O)Nc2cnc(C(C)(C)C)nc2)sc2ncn(C)c(=O)c12. The summed E-state index contributed by atoms with van der Waals surface area (Å²) in [4.78, 5) is 38.7. The monoisotopic (exact) mass is 357 g/mol. The quantitative estimate of drug-likeness (QED) is 0.761. The number of hydrogen-bond acceptors (Lipinski definition) is 6. The third kappa shape index (κ3) is 3.17. The van der Waals surface area contributed by atoms with Gasteiger partial charge in [0.15, 0.2) is 0 Å². The van der Waals surface area contributed by atoms with Crippen LogP contribution in [0, 0.1) is 6.92 Å². The van der Waals surface area contributed by atoms with Crippen molar-refractivity contribution in [2.75, 3.05) is 5.32 Å². The molecule has 0 aliphatic carbocycles. The number of amides is 1. The summed E-state index contributed by atoms with van der Waals surface area (Å²) in [5, 5.41) is 3.27. The van der Waals surface area contributed by atoms with Crippen LogP contribution in [0.25, 0.3) is 10.2 Å². The number of hydrogen-bond donors (Lipinski definition) is 1. The van der Waals surface area contributed by atoms with Gasteiger partial charge >= 0.3 is 0 Å². The zero-order valence-corrected chi connectivity index (χ0v) is 15.6. The van der Waals surface area contributed by atoms with Gasteiger partial charge in [-0.2, -0.15) is 0 Å². The lowest BCUT2D eigenvalue weighted by molar-refractivity contribution is 0.103. The highest BCUT2D eigenvalue weighted by Gasteiger charge is 2.20. The number of anilines is 1. The predicted molar refractivity (Wildman–Crippen MR) is 98.3 cm³/mol. The lowest BCUT2D eigenvalue weighted by Crippen LogP contribution is -2.18. The third-order valence-electron chi connectivity index (χ3n) is 3.80. The zero-order chi connectivity index (χ0) is 18.4. The third-order valence-corrected chi connectivity index (χ3v) is 5.00. The van der Waals surface area contributed by atoms with Crippen molar-refractivity contribution in [3.8, 4) is 0 Å². The molecule has 3 rings (SSSR count). The summed E-state index contributed by atoms with van der Waals surface area (Å²) < 4.78 is 1.41.